The predicted molar refractivity (Wildman–Crippen MR) is 113 cm³/mol. The van der Waals surface area contributed by atoms with Crippen LogP contribution in [0.2, 0.25) is 0 Å². The number of hydrogen-bond acceptors (Lipinski definition) is 2. The molecule has 0 aliphatic heterocycles. The Hall–Kier alpha value is -2.29. The fourth-order valence-corrected chi connectivity index (χ4v) is 3.49. The molecular formula is C24H32N2O. The molecule has 2 aromatic carbocycles. The first-order chi connectivity index (χ1) is 13.3. The molecule has 3 nitrogen and oxygen atoms in total. The summed E-state index contributed by atoms with van der Waals surface area (Å²) in [4.78, 5) is 4.82. The van der Waals surface area contributed by atoms with E-state index in [4.69, 9.17) is 9.72 Å². The fraction of sp³-hybridized carbons (Fsp3) is 0.458. The maximum absolute atomic E-state index is 6.01. The molecule has 144 valence electrons. The van der Waals surface area contributed by atoms with Crippen molar-refractivity contribution in [2.45, 2.75) is 71.9 Å². The summed E-state index contributed by atoms with van der Waals surface area (Å²) in [6.45, 7) is 5.88. The van der Waals surface area contributed by atoms with Gasteiger partial charge in [0.1, 0.15) is 18.2 Å². The van der Waals surface area contributed by atoms with Crippen molar-refractivity contribution in [1.29, 1.82) is 0 Å². The number of aromatic nitrogens is 2. The highest BCUT2D eigenvalue weighted by Crippen LogP contribution is 2.20. The first kappa shape index (κ1) is 19.5. The third-order valence-electron chi connectivity index (χ3n) is 5.11. The summed E-state index contributed by atoms with van der Waals surface area (Å²) in [5.41, 5.74) is 3.52. The van der Waals surface area contributed by atoms with E-state index >= 15 is 0 Å². The largest absolute Gasteiger partial charge is 0.486 e. The lowest BCUT2D eigenvalue weighted by Crippen LogP contribution is -2.07. The van der Waals surface area contributed by atoms with Crippen LogP contribution in [0.25, 0.3) is 11.0 Å². The molecule has 27 heavy (non-hydrogen) atoms. The molecule has 3 rings (SSSR count). The van der Waals surface area contributed by atoms with Crippen molar-refractivity contribution >= 4 is 11.0 Å². The van der Waals surface area contributed by atoms with Crippen molar-refractivity contribution in [3.05, 3.63) is 59.9 Å². The van der Waals surface area contributed by atoms with E-state index in [-0.39, 0.29) is 0 Å². The molecule has 0 unspecified atom stereocenters. The van der Waals surface area contributed by atoms with Crippen LogP contribution in [0.3, 0.4) is 0 Å². The monoisotopic (exact) mass is 364 g/mol. The van der Waals surface area contributed by atoms with Crippen LogP contribution >= 0.6 is 0 Å². The molecule has 0 fully saturated rings. The van der Waals surface area contributed by atoms with Gasteiger partial charge in [-0.2, -0.15) is 0 Å². The van der Waals surface area contributed by atoms with Crippen molar-refractivity contribution in [2.75, 3.05) is 0 Å². The summed E-state index contributed by atoms with van der Waals surface area (Å²) in [5.74, 6) is 1.91. The van der Waals surface area contributed by atoms with Gasteiger partial charge in [-0.25, -0.2) is 4.98 Å². The van der Waals surface area contributed by atoms with Crippen LogP contribution < -0.4 is 4.74 Å². The van der Waals surface area contributed by atoms with Crippen LogP contribution in [0.15, 0.2) is 48.5 Å². The van der Waals surface area contributed by atoms with E-state index in [0.29, 0.717) is 6.61 Å². The molecule has 1 heterocycles. The second-order valence-corrected chi connectivity index (χ2v) is 7.39. The summed E-state index contributed by atoms with van der Waals surface area (Å²) in [7, 11) is 0. The standard InChI is InChI=1S/C24H32N2O/c1-3-4-5-6-7-8-11-18-26-23-13-10-9-12-22(23)25-24(26)19-27-21-16-14-20(2)15-17-21/h9-10,12-17H,3-8,11,18-19H2,1-2H3. The molecule has 1 aromatic heterocycles. The van der Waals surface area contributed by atoms with E-state index in [9.17, 15) is 0 Å². The van der Waals surface area contributed by atoms with Gasteiger partial charge >= 0.3 is 0 Å². The van der Waals surface area contributed by atoms with Gasteiger partial charge in [0.15, 0.2) is 0 Å². The summed E-state index contributed by atoms with van der Waals surface area (Å²) < 4.78 is 8.35. The fourth-order valence-electron chi connectivity index (χ4n) is 3.49. The molecule has 3 aromatic rings. The quantitative estimate of drug-likeness (QED) is 0.355. The third kappa shape index (κ3) is 5.59. The third-order valence-corrected chi connectivity index (χ3v) is 5.11. The van der Waals surface area contributed by atoms with Crippen LogP contribution in [-0.4, -0.2) is 9.55 Å². The highest BCUT2D eigenvalue weighted by molar-refractivity contribution is 5.75. The lowest BCUT2D eigenvalue weighted by atomic mass is 10.1. The molecule has 0 aliphatic carbocycles. The zero-order valence-electron chi connectivity index (χ0n) is 16.8. The van der Waals surface area contributed by atoms with Gasteiger partial charge in [-0.15, -0.1) is 0 Å². The van der Waals surface area contributed by atoms with Gasteiger partial charge in [-0.05, 0) is 37.6 Å². The van der Waals surface area contributed by atoms with Crippen molar-refractivity contribution in [2.24, 2.45) is 0 Å². The van der Waals surface area contributed by atoms with E-state index in [1.54, 1.807) is 0 Å². The maximum Gasteiger partial charge on any atom is 0.147 e. The van der Waals surface area contributed by atoms with Gasteiger partial charge in [-0.3, -0.25) is 0 Å². The Morgan fingerprint density at radius 2 is 1.56 bits per heavy atom. The van der Waals surface area contributed by atoms with Crippen molar-refractivity contribution < 1.29 is 4.74 Å². The number of ether oxygens (including phenoxy) is 1. The Labute approximate surface area is 163 Å². The van der Waals surface area contributed by atoms with Gasteiger partial charge < -0.3 is 9.30 Å². The molecule has 0 spiro atoms. The molecular weight excluding hydrogens is 332 g/mol. The van der Waals surface area contributed by atoms with E-state index < -0.39 is 0 Å². The Morgan fingerprint density at radius 1 is 0.852 bits per heavy atom. The highest BCUT2D eigenvalue weighted by atomic mass is 16.5. The van der Waals surface area contributed by atoms with Crippen LogP contribution in [-0.2, 0) is 13.2 Å². The van der Waals surface area contributed by atoms with Crippen LogP contribution in [0.4, 0.5) is 0 Å². The second kappa shape index (κ2) is 10.1. The first-order valence-electron chi connectivity index (χ1n) is 10.4. The van der Waals surface area contributed by atoms with E-state index in [2.05, 4.69) is 54.8 Å². The van der Waals surface area contributed by atoms with Gasteiger partial charge in [0.05, 0.1) is 11.0 Å². The zero-order valence-corrected chi connectivity index (χ0v) is 16.8. The molecule has 0 saturated carbocycles. The number of unbranched alkanes of at least 4 members (excludes halogenated alkanes) is 6. The number of aryl methyl sites for hydroxylation is 2. The number of fused-ring (bicyclic) bond motifs is 1. The minimum Gasteiger partial charge on any atom is -0.486 e. The van der Waals surface area contributed by atoms with Crippen LogP contribution in [0, 0.1) is 6.92 Å². The topological polar surface area (TPSA) is 27.1 Å². The summed E-state index contributed by atoms with van der Waals surface area (Å²) >= 11 is 0. The molecule has 0 bridgehead atoms. The molecule has 0 atom stereocenters. The Balaban J connectivity index is 1.61. The van der Waals surface area contributed by atoms with Gasteiger partial charge in [0.25, 0.3) is 0 Å². The average molecular weight is 365 g/mol. The molecule has 0 N–H and O–H groups in total. The van der Waals surface area contributed by atoms with Crippen LogP contribution in [0.1, 0.15) is 63.3 Å². The Bertz CT molecular complexity index is 820. The van der Waals surface area contributed by atoms with Gasteiger partial charge in [-0.1, -0.05) is 75.3 Å². The molecule has 0 amide bonds. The van der Waals surface area contributed by atoms with Crippen molar-refractivity contribution in [3.8, 4) is 5.75 Å². The summed E-state index contributed by atoms with van der Waals surface area (Å²) in [6.07, 6.45) is 9.24. The maximum atomic E-state index is 6.01. The predicted octanol–water partition coefficient (Wildman–Crippen LogP) is 6.67. The number of para-hydroxylation sites is 2. The minimum absolute atomic E-state index is 0.508. The number of rotatable bonds is 11. The molecule has 0 radical (unpaired) electrons. The summed E-state index contributed by atoms with van der Waals surface area (Å²) in [6, 6.07) is 16.6. The molecule has 0 saturated heterocycles. The number of hydrogen-bond donors (Lipinski definition) is 0. The lowest BCUT2D eigenvalue weighted by molar-refractivity contribution is 0.289. The van der Waals surface area contributed by atoms with Crippen molar-refractivity contribution in [1.82, 2.24) is 9.55 Å². The minimum atomic E-state index is 0.508. The first-order valence-corrected chi connectivity index (χ1v) is 10.4. The number of nitrogens with zero attached hydrogens (tertiary/aromatic N) is 2. The number of benzene rings is 2. The summed E-state index contributed by atoms with van der Waals surface area (Å²) in [5, 5.41) is 0. The Morgan fingerprint density at radius 3 is 2.33 bits per heavy atom. The zero-order chi connectivity index (χ0) is 18.9. The van der Waals surface area contributed by atoms with E-state index in [1.165, 1.54) is 56.0 Å². The van der Waals surface area contributed by atoms with E-state index in [1.807, 2.05) is 12.1 Å². The SMILES string of the molecule is CCCCCCCCCn1c(COc2ccc(C)cc2)nc2ccccc21. The smallest absolute Gasteiger partial charge is 0.147 e. The van der Waals surface area contributed by atoms with Crippen molar-refractivity contribution in [3.63, 3.8) is 0 Å². The van der Waals surface area contributed by atoms with Gasteiger partial charge in [0, 0.05) is 6.54 Å². The second-order valence-electron chi connectivity index (χ2n) is 7.39. The Kier molecular flexibility index (Phi) is 7.32. The highest BCUT2D eigenvalue weighted by Gasteiger charge is 2.11. The van der Waals surface area contributed by atoms with E-state index in [0.717, 1.165) is 23.6 Å². The lowest BCUT2D eigenvalue weighted by Gasteiger charge is -2.11. The normalized spacial score (nSPS) is 11.2. The molecule has 3 heteroatoms. The number of imidazole rings is 1. The average Bonchev–Trinajstić information content (AvgIpc) is 3.04. The molecule has 0 aliphatic rings. The van der Waals surface area contributed by atoms with Gasteiger partial charge in [0.2, 0.25) is 0 Å². The van der Waals surface area contributed by atoms with Crippen LogP contribution in [0.5, 0.6) is 5.75 Å².